The van der Waals surface area contributed by atoms with Crippen molar-refractivity contribution in [1.29, 1.82) is 0 Å². The standard InChI is InChI=1S/C17H12Cl2N4O/c18-12-6-7-13(19)14(10-12)20-15-8-9-16(23-22-15)21-17(24)11-4-2-1-3-5-11/h1-10H,(H,20,22)(H,21,23,24). The largest absolute Gasteiger partial charge is 0.337 e. The number of halogens is 2. The number of hydrogen-bond donors (Lipinski definition) is 2. The maximum absolute atomic E-state index is 12.0. The topological polar surface area (TPSA) is 66.9 Å². The molecule has 0 spiro atoms. The number of amides is 1. The zero-order valence-electron chi connectivity index (χ0n) is 12.3. The highest BCUT2D eigenvalue weighted by Gasteiger charge is 2.07. The molecule has 24 heavy (non-hydrogen) atoms. The lowest BCUT2D eigenvalue weighted by Crippen LogP contribution is -2.13. The van der Waals surface area contributed by atoms with Gasteiger partial charge in [-0.3, -0.25) is 4.79 Å². The summed E-state index contributed by atoms with van der Waals surface area (Å²) in [4.78, 5) is 12.0. The monoisotopic (exact) mass is 358 g/mol. The van der Waals surface area contributed by atoms with Crippen molar-refractivity contribution in [3.05, 3.63) is 76.3 Å². The quantitative estimate of drug-likeness (QED) is 0.704. The van der Waals surface area contributed by atoms with Crippen molar-refractivity contribution in [2.75, 3.05) is 10.6 Å². The van der Waals surface area contributed by atoms with Crippen LogP contribution in [0.5, 0.6) is 0 Å². The fraction of sp³-hybridized carbons (Fsp3) is 0. The third-order valence-electron chi connectivity index (χ3n) is 3.13. The number of rotatable bonds is 4. The van der Waals surface area contributed by atoms with Crippen molar-refractivity contribution in [1.82, 2.24) is 10.2 Å². The second-order valence-electron chi connectivity index (χ2n) is 4.87. The Bertz CT molecular complexity index is 854. The molecule has 1 heterocycles. The first kappa shape index (κ1) is 16.2. The summed E-state index contributed by atoms with van der Waals surface area (Å²) < 4.78 is 0. The Hall–Kier alpha value is -2.63. The van der Waals surface area contributed by atoms with Gasteiger partial charge in [0, 0.05) is 10.6 Å². The summed E-state index contributed by atoms with van der Waals surface area (Å²) in [6, 6.07) is 17.3. The molecule has 1 amide bonds. The number of benzene rings is 2. The first-order valence-corrected chi connectivity index (χ1v) is 7.79. The van der Waals surface area contributed by atoms with Gasteiger partial charge in [0.2, 0.25) is 0 Å². The van der Waals surface area contributed by atoms with E-state index in [9.17, 15) is 4.79 Å². The van der Waals surface area contributed by atoms with Crippen molar-refractivity contribution in [2.24, 2.45) is 0 Å². The Morgan fingerprint density at radius 2 is 1.58 bits per heavy atom. The molecule has 7 heteroatoms. The van der Waals surface area contributed by atoms with Crippen molar-refractivity contribution in [3.63, 3.8) is 0 Å². The van der Waals surface area contributed by atoms with Crippen molar-refractivity contribution in [3.8, 4) is 0 Å². The molecule has 0 fully saturated rings. The highest BCUT2D eigenvalue weighted by molar-refractivity contribution is 6.35. The number of nitrogens with one attached hydrogen (secondary N) is 2. The Kier molecular flexibility index (Phi) is 4.93. The van der Waals surface area contributed by atoms with Crippen LogP contribution in [0.25, 0.3) is 0 Å². The van der Waals surface area contributed by atoms with E-state index >= 15 is 0 Å². The van der Waals surface area contributed by atoms with Gasteiger partial charge in [-0.15, -0.1) is 10.2 Å². The van der Waals surface area contributed by atoms with E-state index in [2.05, 4.69) is 20.8 Å². The molecule has 0 saturated carbocycles. The van der Waals surface area contributed by atoms with Crippen LogP contribution in [0.1, 0.15) is 10.4 Å². The van der Waals surface area contributed by atoms with Gasteiger partial charge >= 0.3 is 0 Å². The van der Waals surface area contributed by atoms with Crippen LogP contribution in [0.4, 0.5) is 17.3 Å². The third-order valence-corrected chi connectivity index (χ3v) is 3.70. The summed E-state index contributed by atoms with van der Waals surface area (Å²) in [6.45, 7) is 0. The number of anilines is 3. The lowest BCUT2D eigenvalue weighted by molar-refractivity contribution is 0.102. The minimum absolute atomic E-state index is 0.247. The zero-order chi connectivity index (χ0) is 16.9. The van der Waals surface area contributed by atoms with Crippen LogP contribution in [-0.2, 0) is 0 Å². The van der Waals surface area contributed by atoms with Crippen molar-refractivity contribution >= 4 is 46.4 Å². The van der Waals surface area contributed by atoms with Gasteiger partial charge in [-0.05, 0) is 42.5 Å². The summed E-state index contributed by atoms with van der Waals surface area (Å²) in [5.41, 5.74) is 1.17. The smallest absolute Gasteiger partial charge is 0.256 e. The fourth-order valence-corrected chi connectivity index (χ4v) is 2.31. The minimum Gasteiger partial charge on any atom is -0.337 e. The molecule has 0 atom stereocenters. The minimum atomic E-state index is -0.247. The molecule has 3 rings (SSSR count). The Morgan fingerprint density at radius 1 is 0.875 bits per heavy atom. The average Bonchev–Trinajstić information content (AvgIpc) is 2.60. The summed E-state index contributed by atoms with van der Waals surface area (Å²) >= 11 is 12.0. The van der Waals surface area contributed by atoms with Crippen molar-refractivity contribution < 1.29 is 4.79 Å². The summed E-state index contributed by atoms with van der Waals surface area (Å²) in [7, 11) is 0. The number of carbonyl (C=O) groups excluding carboxylic acids is 1. The first-order valence-electron chi connectivity index (χ1n) is 7.04. The first-order chi connectivity index (χ1) is 11.6. The predicted octanol–water partition coefficient (Wildman–Crippen LogP) is 4.78. The Balaban J connectivity index is 1.69. The van der Waals surface area contributed by atoms with Crippen LogP contribution < -0.4 is 10.6 Å². The van der Waals surface area contributed by atoms with E-state index in [1.807, 2.05) is 6.07 Å². The van der Waals surface area contributed by atoms with Crippen LogP contribution in [0.2, 0.25) is 10.0 Å². The molecule has 3 aromatic rings. The van der Waals surface area contributed by atoms with Gasteiger partial charge in [-0.1, -0.05) is 41.4 Å². The second kappa shape index (κ2) is 7.29. The van der Waals surface area contributed by atoms with Gasteiger partial charge in [0.05, 0.1) is 10.7 Å². The van der Waals surface area contributed by atoms with E-state index in [0.717, 1.165) is 0 Å². The predicted molar refractivity (Wildman–Crippen MR) is 96.2 cm³/mol. The maximum Gasteiger partial charge on any atom is 0.256 e. The van der Waals surface area contributed by atoms with Gasteiger partial charge in [0.1, 0.15) is 0 Å². The number of hydrogen-bond acceptors (Lipinski definition) is 4. The highest BCUT2D eigenvalue weighted by atomic mass is 35.5. The van der Waals surface area contributed by atoms with E-state index in [-0.39, 0.29) is 5.91 Å². The molecule has 0 radical (unpaired) electrons. The van der Waals surface area contributed by atoms with Crippen molar-refractivity contribution in [2.45, 2.75) is 0 Å². The molecule has 2 aromatic carbocycles. The molecule has 0 aliphatic rings. The van der Waals surface area contributed by atoms with Crippen LogP contribution in [-0.4, -0.2) is 16.1 Å². The Labute approximate surface area is 148 Å². The van der Waals surface area contributed by atoms with E-state index in [1.54, 1.807) is 54.6 Å². The molecule has 0 bridgehead atoms. The molecule has 5 nitrogen and oxygen atoms in total. The third kappa shape index (κ3) is 4.01. The molecule has 0 aliphatic heterocycles. The number of aromatic nitrogens is 2. The van der Waals surface area contributed by atoms with Gasteiger partial charge < -0.3 is 10.6 Å². The molecular formula is C17H12Cl2N4O. The molecule has 2 N–H and O–H groups in total. The Morgan fingerprint density at radius 3 is 2.29 bits per heavy atom. The molecular weight excluding hydrogens is 347 g/mol. The molecule has 0 aliphatic carbocycles. The molecule has 120 valence electrons. The van der Waals surface area contributed by atoms with E-state index in [4.69, 9.17) is 23.2 Å². The normalized spacial score (nSPS) is 10.2. The number of nitrogens with zero attached hydrogens (tertiary/aromatic N) is 2. The van der Waals surface area contributed by atoms with Crippen LogP contribution in [0, 0.1) is 0 Å². The van der Waals surface area contributed by atoms with Gasteiger partial charge in [-0.2, -0.15) is 0 Å². The summed E-state index contributed by atoms with van der Waals surface area (Å²) in [5, 5.41) is 14.8. The average molecular weight is 359 g/mol. The second-order valence-corrected chi connectivity index (χ2v) is 5.72. The van der Waals surface area contributed by atoms with Crippen LogP contribution in [0.3, 0.4) is 0 Å². The SMILES string of the molecule is O=C(Nc1ccc(Nc2cc(Cl)ccc2Cl)nn1)c1ccccc1. The summed E-state index contributed by atoms with van der Waals surface area (Å²) in [5.74, 6) is 0.590. The molecule has 0 saturated heterocycles. The zero-order valence-corrected chi connectivity index (χ0v) is 13.8. The van der Waals surface area contributed by atoms with E-state index < -0.39 is 0 Å². The number of carbonyl (C=O) groups is 1. The van der Waals surface area contributed by atoms with E-state index in [0.29, 0.717) is 32.9 Å². The molecule has 1 aromatic heterocycles. The van der Waals surface area contributed by atoms with Crippen LogP contribution in [0.15, 0.2) is 60.7 Å². The maximum atomic E-state index is 12.0. The van der Waals surface area contributed by atoms with Crippen LogP contribution >= 0.6 is 23.2 Å². The van der Waals surface area contributed by atoms with Gasteiger partial charge in [0.15, 0.2) is 11.6 Å². The lowest BCUT2D eigenvalue weighted by atomic mass is 10.2. The molecule has 0 unspecified atom stereocenters. The van der Waals surface area contributed by atoms with Gasteiger partial charge in [0.25, 0.3) is 5.91 Å². The van der Waals surface area contributed by atoms with Gasteiger partial charge in [-0.25, -0.2) is 0 Å². The highest BCUT2D eigenvalue weighted by Crippen LogP contribution is 2.27. The summed E-state index contributed by atoms with van der Waals surface area (Å²) in [6.07, 6.45) is 0. The van der Waals surface area contributed by atoms with E-state index in [1.165, 1.54) is 0 Å². The fourth-order valence-electron chi connectivity index (χ4n) is 1.97. The lowest BCUT2D eigenvalue weighted by Gasteiger charge is -2.08.